The van der Waals surface area contributed by atoms with Gasteiger partial charge in [-0.05, 0) is 17.7 Å². The van der Waals surface area contributed by atoms with Gasteiger partial charge < -0.3 is 10.3 Å². The maximum absolute atomic E-state index is 13.2. The van der Waals surface area contributed by atoms with Crippen molar-refractivity contribution in [1.29, 1.82) is 0 Å². The molecule has 4 nitrogen and oxygen atoms in total. The van der Waals surface area contributed by atoms with Gasteiger partial charge in [-0.25, -0.2) is 4.39 Å². The maximum Gasteiger partial charge on any atom is 0.471 e. The van der Waals surface area contributed by atoms with Crippen LogP contribution in [0.4, 0.5) is 17.6 Å². The van der Waals surface area contributed by atoms with Crippen LogP contribution in [-0.4, -0.2) is 10.1 Å². The summed E-state index contributed by atoms with van der Waals surface area (Å²) in [7, 11) is 0. The molecule has 1 heterocycles. The van der Waals surface area contributed by atoms with E-state index in [1.165, 1.54) is 12.1 Å². The summed E-state index contributed by atoms with van der Waals surface area (Å²) < 4.78 is 54.1. The van der Waals surface area contributed by atoms with Crippen molar-refractivity contribution in [3.05, 3.63) is 46.3 Å². The molecule has 102 valence electrons. The van der Waals surface area contributed by atoms with Gasteiger partial charge in [-0.1, -0.05) is 22.8 Å². The van der Waals surface area contributed by atoms with E-state index in [0.717, 1.165) is 6.07 Å². The summed E-state index contributed by atoms with van der Waals surface area (Å²) in [6, 6.07) is 2.44. The first-order chi connectivity index (χ1) is 8.79. The molecule has 2 rings (SSSR count). The van der Waals surface area contributed by atoms with Gasteiger partial charge in [0.05, 0.1) is 11.1 Å². The molecule has 0 fully saturated rings. The number of hydrogen-bond acceptors (Lipinski definition) is 4. The molecule has 2 N–H and O–H groups in total. The second-order valence-electron chi connectivity index (χ2n) is 3.61. The number of aromatic nitrogens is 2. The highest BCUT2D eigenvalue weighted by atomic mass is 35.5. The van der Waals surface area contributed by atoms with E-state index in [1.54, 1.807) is 0 Å². The lowest BCUT2D eigenvalue weighted by atomic mass is 10.1. The van der Waals surface area contributed by atoms with Gasteiger partial charge in [0.25, 0.3) is 0 Å². The third-order valence-electron chi connectivity index (χ3n) is 2.27. The van der Waals surface area contributed by atoms with Gasteiger partial charge in [-0.3, -0.25) is 0 Å². The number of nitrogens with zero attached hydrogens (tertiary/aromatic N) is 2. The predicted octanol–water partition coefficient (Wildman–Crippen LogP) is 2.93. The summed E-state index contributed by atoms with van der Waals surface area (Å²) in [5.74, 6) is -2.64. The molecule has 0 aliphatic heterocycles. The van der Waals surface area contributed by atoms with Gasteiger partial charge in [-0.2, -0.15) is 18.2 Å². The van der Waals surface area contributed by atoms with Gasteiger partial charge in [0.2, 0.25) is 0 Å². The quantitative estimate of drug-likeness (QED) is 0.865. The van der Waals surface area contributed by atoms with Crippen molar-refractivity contribution in [2.45, 2.75) is 12.2 Å². The number of halogens is 5. The molecule has 2 aromatic rings. The summed E-state index contributed by atoms with van der Waals surface area (Å²) in [5, 5.41) is 3.00. The van der Waals surface area contributed by atoms with Crippen LogP contribution in [0.5, 0.6) is 0 Å². The lowest BCUT2D eigenvalue weighted by molar-refractivity contribution is -0.159. The molecule has 19 heavy (non-hydrogen) atoms. The molecule has 0 saturated heterocycles. The van der Waals surface area contributed by atoms with E-state index >= 15 is 0 Å². The molecule has 0 aliphatic carbocycles. The number of hydrogen-bond donors (Lipinski definition) is 1. The Bertz CT molecular complexity index is 599. The van der Waals surface area contributed by atoms with E-state index in [4.69, 9.17) is 17.3 Å². The molecule has 1 aromatic heterocycles. The Labute approximate surface area is 109 Å². The fraction of sp³-hybridized carbons (Fsp3) is 0.200. The topological polar surface area (TPSA) is 64.9 Å². The van der Waals surface area contributed by atoms with Crippen molar-refractivity contribution >= 4 is 11.6 Å². The zero-order valence-corrected chi connectivity index (χ0v) is 9.84. The van der Waals surface area contributed by atoms with Crippen molar-refractivity contribution in [3.63, 3.8) is 0 Å². The van der Waals surface area contributed by atoms with Gasteiger partial charge in [0.15, 0.2) is 5.82 Å². The second kappa shape index (κ2) is 4.78. The fourth-order valence-corrected chi connectivity index (χ4v) is 1.45. The van der Waals surface area contributed by atoms with E-state index in [-0.39, 0.29) is 10.6 Å². The van der Waals surface area contributed by atoms with Crippen molar-refractivity contribution in [2.75, 3.05) is 0 Å². The van der Waals surface area contributed by atoms with Crippen molar-refractivity contribution in [3.8, 4) is 0 Å². The Balaban J connectivity index is 2.31. The van der Waals surface area contributed by atoms with Gasteiger partial charge in [-0.15, -0.1) is 0 Å². The van der Waals surface area contributed by atoms with Crippen LogP contribution < -0.4 is 5.73 Å². The van der Waals surface area contributed by atoms with Gasteiger partial charge in [0.1, 0.15) is 5.82 Å². The molecular weight excluding hydrogens is 290 g/mol. The van der Waals surface area contributed by atoms with E-state index in [1.807, 2.05) is 0 Å². The minimum absolute atomic E-state index is 0.125. The van der Waals surface area contributed by atoms with Crippen molar-refractivity contribution < 1.29 is 22.1 Å². The van der Waals surface area contributed by atoms with E-state index in [0.29, 0.717) is 0 Å². The second-order valence-corrected chi connectivity index (χ2v) is 4.01. The van der Waals surface area contributed by atoms with E-state index < -0.39 is 29.8 Å². The lowest BCUT2D eigenvalue weighted by Gasteiger charge is -2.07. The summed E-state index contributed by atoms with van der Waals surface area (Å²) in [6.07, 6.45) is -4.75. The van der Waals surface area contributed by atoms with E-state index in [2.05, 4.69) is 14.7 Å². The highest BCUT2D eigenvalue weighted by Crippen LogP contribution is 2.29. The van der Waals surface area contributed by atoms with Crippen LogP contribution >= 0.6 is 11.6 Å². The largest absolute Gasteiger partial charge is 0.471 e. The normalized spacial score (nSPS) is 13.6. The van der Waals surface area contributed by atoms with Crippen LogP contribution in [0.15, 0.2) is 22.7 Å². The average Bonchev–Trinajstić information content (AvgIpc) is 2.81. The first kappa shape index (κ1) is 13.8. The standard InChI is InChI=1S/C10H6ClF4N3O/c11-5-2-1-4(3-6(5)12)7(16)8-17-9(19-18-8)10(13,14)15/h1-3,7H,16H2. The van der Waals surface area contributed by atoms with Gasteiger partial charge >= 0.3 is 12.1 Å². The zero-order chi connectivity index (χ0) is 14.2. The smallest absolute Gasteiger partial charge is 0.329 e. The minimum atomic E-state index is -4.75. The molecule has 0 saturated carbocycles. The van der Waals surface area contributed by atoms with Crippen LogP contribution in [0.1, 0.15) is 23.3 Å². The number of nitrogens with two attached hydrogens (primary N) is 1. The number of benzene rings is 1. The summed E-state index contributed by atoms with van der Waals surface area (Å²) >= 11 is 5.48. The molecule has 1 unspecified atom stereocenters. The Morgan fingerprint density at radius 3 is 2.53 bits per heavy atom. The van der Waals surface area contributed by atoms with Crippen LogP contribution in [0.3, 0.4) is 0 Å². The number of rotatable bonds is 2. The average molecular weight is 296 g/mol. The van der Waals surface area contributed by atoms with Crippen LogP contribution in [0.2, 0.25) is 5.02 Å². The molecule has 9 heteroatoms. The highest BCUT2D eigenvalue weighted by molar-refractivity contribution is 6.30. The predicted molar refractivity (Wildman–Crippen MR) is 56.7 cm³/mol. The Morgan fingerprint density at radius 2 is 2.00 bits per heavy atom. The molecular formula is C10H6ClF4N3O. The van der Waals surface area contributed by atoms with Crippen molar-refractivity contribution in [2.24, 2.45) is 5.73 Å². The third-order valence-corrected chi connectivity index (χ3v) is 2.57. The van der Waals surface area contributed by atoms with Gasteiger partial charge in [0, 0.05) is 0 Å². The van der Waals surface area contributed by atoms with Crippen LogP contribution in [-0.2, 0) is 6.18 Å². The maximum atomic E-state index is 13.2. The molecule has 0 amide bonds. The molecule has 0 radical (unpaired) electrons. The third kappa shape index (κ3) is 2.85. The molecule has 0 aliphatic rings. The zero-order valence-electron chi connectivity index (χ0n) is 9.08. The highest BCUT2D eigenvalue weighted by Gasteiger charge is 2.39. The summed E-state index contributed by atoms with van der Waals surface area (Å²) in [6.45, 7) is 0. The first-order valence-corrected chi connectivity index (χ1v) is 5.28. The minimum Gasteiger partial charge on any atom is -0.329 e. The Kier molecular flexibility index (Phi) is 3.46. The first-order valence-electron chi connectivity index (χ1n) is 4.90. The molecule has 0 bridgehead atoms. The van der Waals surface area contributed by atoms with Crippen LogP contribution in [0.25, 0.3) is 0 Å². The lowest BCUT2D eigenvalue weighted by Crippen LogP contribution is -2.14. The summed E-state index contributed by atoms with van der Waals surface area (Å²) in [5.41, 5.74) is 5.81. The fourth-order valence-electron chi connectivity index (χ4n) is 1.33. The van der Waals surface area contributed by atoms with Crippen molar-refractivity contribution in [1.82, 2.24) is 10.1 Å². The molecule has 1 aromatic carbocycles. The SMILES string of the molecule is NC(c1ccc(Cl)c(F)c1)c1noc(C(F)(F)F)n1. The Hall–Kier alpha value is -1.67. The monoisotopic (exact) mass is 295 g/mol. The van der Waals surface area contributed by atoms with Crippen LogP contribution in [0, 0.1) is 5.82 Å². The number of alkyl halides is 3. The summed E-state index contributed by atoms with van der Waals surface area (Å²) in [4.78, 5) is 3.13. The molecule has 1 atom stereocenters. The molecule has 0 spiro atoms. The Morgan fingerprint density at radius 1 is 1.32 bits per heavy atom. The van der Waals surface area contributed by atoms with E-state index in [9.17, 15) is 17.6 Å².